The van der Waals surface area contributed by atoms with Gasteiger partial charge in [0.15, 0.2) is 12.4 Å². The molecule has 0 fully saturated rings. The maximum Gasteiger partial charge on any atom is 0.344 e. The monoisotopic (exact) mass is 290 g/mol. The van der Waals surface area contributed by atoms with Crippen LogP contribution in [-0.2, 0) is 4.79 Å². The standard InChI is InChI=1S/C10H8BrFO4/c1-5(10(14)15)16-9-3-8(12)7(11)2-6(9)4-13/h2-5H,1H3,(H,14,15). The van der Waals surface area contributed by atoms with Crippen molar-refractivity contribution in [2.24, 2.45) is 0 Å². The molecule has 1 aromatic carbocycles. The highest BCUT2D eigenvalue weighted by Gasteiger charge is 2.16. The summed E-state index contributed by atoms with van der Waals surface area (Å²) in [7, 11) is 0. The van der Waals surface area contributed by atoms with Crippen LogP contribution in [0.5, 0.6) is 5.75 Å². The van der Waals surface area contributed by atoms with Crippen molar-refractivity contribution in [2.45, 2.75) is 13.0 Å². The van der Waals surface area contributed by atoms with Gasteiger partial charge in [0.1, 0.15) is 11.6 Å². The Balaban J connectivity index is 3.07. The van der Waals surface area contributed by atoms with Crippen molar-refractivity contribution < 1.29 is 23.8 Å². The number of aldehydes is 1. The van der Waals surface area contributed by atoms with E-state index in [9.17, 15) is 14.0 Å². The van der Waals surface area contributed by atoms with Gasteiger partial charge in [-0.25, -0.2) is 9.18 Å². The lowest BCUT2D eigenvalue weighted by Crippen LogP contribution is -2.23. The van der Waals surface area contributed by atoms with Crippen LogP contribution in [0.2, 0.25) is 0 Å². The van der Waals surface area contributed by atoms with Crippen molar-refractivity contribution in [3.8, 4) is 5.75 Å². The van der Waals surface area contributed by atoms with Crippen LogP contribution in [0, 0.1) is 5.82 Å². The van der Waals surface area contributed by atoms with Crippen LogP contribution in [0.4, 0.5) is 4.39 Å². The molecule has 0 amide bonds. The van der Waals surface area contributed by atoms with E-state index in [0.717, 1.165) is 6.07 Å². The third-order valence-corrected chi connectivity index (χ3v) is 2.44. The number of ether oxygens (including phenoxy) is 1. The van der Waals surface area contributed by atoms with E-state index in [-0.39, 0.29) is 15.8 Å². The number of carboxylic acids is 1. The summed E-state index contributed by atoms with van der Waals surface area (Å²) in [5, 5.41) is 8.61. The average molecular weight is 291 g/mol. The van der Waals surface area contributed by atoms with E-state index in [2.05, 4.69) is 15.9 Å². The lowest BCUT2D eigenvalue weighted by molar-refractivity contribution is -0.144. The van der Waals surface area contributed by atoms with Crippen molar-refractivity contribution in [1.82, 2.24) is 0 Å². The summed E-state index contributed by atoms with van der Waals surface area (Å²) in [6.45, 7) is 1.29. The summed E-state index contributed by atoms with van der Waals surface area (Å²) in [6.07, 6.45) is -0.687. The van der Waals surface area contributed by atoms with Crippen molar-refractivity contribution in [1.29, 1.82) is 0 Å². The molecule has 1 unspecified atom stereocenters. The van der Waals surface area contributed by atoms with Crippen LogP contribution < -0.4 is 4.74 Å². The number of rotatable bonds is 4. The second-order valence-electron chi connectivity index (χ2n) is 3.02. The zero-order valence-corrected chi connectivity index (χ0v) is 9.82. The van der Waals surface area contributed by atoms with Crippen LogP contribution in [0.1, 0.15) is 17.3 Å². The van der Waals surface area contributed by atoms with Gasteiger partial charge in [-0.2, -0.15) is 0 Å². The molecule has 0 heterocycles. The summed E-state index contributed by atoms with van der Waals surface area (Å²) in [4.78, 5) is 21.2. The van der Waals surface area contributed by atoms with Gasteiger partial charge in [-0.1, -0.05) is 0 Å². The Kier molecular flexibility index (Phi) is 4.00. The Morgan fingerprint density at radius 1 is 1.62 bits per heavy atom. The highest BCUT2D eigenvalue weighted by Crippen LogP contribution is 2.26. The third kappa shape index (κ3) is 2.79. The van der Waals surface area contributed by atoms with E-state index in [4.69, 9.17) is 9.84 Å². The van der Waals surface area contributed by atoms with Crippen molar-refractivity contribution in [3.05, 3.63) is 28.0 Å². The smallest absolute Gasteiger partial charge is 0.344 e. The summed E-state index contributed by atoms with van der Waals surface area (Å²) < 4.78 is 18.2. The fourth-order valence-electron chi connectivity index (χ4n) is 0.979. The summed E-state index contributed by atoms with van der Waals surface area (Å²) >= 11 is 2.91. The lowest BCUT2D eigenvalue weighted by atomic mass is 10.2. The molecule has 16 heavy (non-hydrogen) atoms. The molecule has 0 radical (unpaired) electrons. The Morgan fingerprint density at radius 2 is 2.25 bits per heavy atom. The normalized spacial score (nSPS) is 11.9. The van der Waals surface area contributed by atoms with Gasteiger partial charge in [0.25, 0.3) is 0 Å². The molecular weight excluding hydrogens is 283 g/mol. The molecule has 0 bridgehead atoms. The van der Waals surface area contributed by atoms with E-state index in [1.807, 2.05) is 0 Å². The topological polar surface area (TPSA) is 63.6 Å². The molecular formula is C10H8BrFO4. The van der Waals surface area contributed by atoms with Gasteiger partial charge in [-0.05, 0) is 28.9 Å². The van der Waals surface area contributed by atoms with Crippen LogP contribution in [0.15, 0.2) is 16.6 Å². The van der Waals surface area contributed by atoms with Gasteiger partial charge in [-0.3, -0.25) is 4.79 Å². The minimum atomic E-state index is -1.19. The van der Waals surface area contributed by atoms with E-state index in [0.29, 0.717) is 6.29 Å². The number of aliphatic carboxylic acids is 1. The second-order valence-corrected chi connectivity index (χ2v) is 3.87. The van der Waals surface area contributed by atoms with Crippen LogP contribution in [-0.4, -0.2) is 23.5 Å². The molecule has 0 saturated heterocycles. The molecule has 86 valence electrons. The molecule has 1 aromatic rings. The van der Waals surface area contributed by atoms with E-state index >= 15 is 0 Å². The predicted octanol–water partition coefficient (Wildman–Crippen LogP) is 2.25. The summed E-state index contributed by atoms with van der Waals surface area (Å²) in [6, 6.07) is 2.19. The van der Waals surface area contributed by atoms with Crippen LogP contribution in [0.3, 0.4) is 0 Å². The molecule has 1 atom stereocenters. The van der Waals surface area contributed by atoms with Crippen LogP contribution in [0.25, 0.3) is 0 Å². The highest BCUT2D eigenvalue weighted by atomic mass is 79.9. The molecule has 6 heteroatoms. The van der Waals surface area contributed by atoms with Gasteiger partial charge in [0, 0.05) is 6.07 Å². The first-order chi connectivity index (χ1) is 7.45. The molecule has 4 nitrogen and oxygen atoms in total. The average Bonchev–Trinajstić information content (AvgIpc) is 2.22. The quantitative estimate of drug-likeness (QED) is 0.864. The fraction of sp³-hybridized carbons (Fsp3) is 0.200. The SMILES string of the molecule is CC(Oc1cc(F)c(Br)cc1C=O)C(=O)O. The number of hydrogen-bond acceptors (Lipinski definition) is 3. The van der Waals surface area contributed by atoms with Crippen molar-refractivity contribution in [3.63, 3.8) is 0 Å². The first kappa shape index (κ1) is 12.6. The lowest BCUT2D eigenvalue weighted by Gasteiger charge is -2.12. The number of halogens is 2. The van der Waals surface area contributed by atoms with Crippen molar-refractivity contribution >= 4 is 28.2 Å². The molecule has 0 aliphatic heterocycles. The number of hydrogen-bond donors (Lipinski definition) is 1. The largest absolute Gasteiger partial charge is 0.479 e. The summed E-state index contributed by atoms with van der Waals surface area (Å²) in [5.74, 6) is -1.91. The maximum atomic E-state index is 13.2. The van der Waals surface area contributed by atoms with Gasteiger partial charge in [0.2, 0.25) is 0 Å². The first-order valence-corrected chi connectivity index (χ1v) is 5.08. The number of carbonyl (C=O) groups excluding carboxylic acids is 1. The van der Waals surface area contributed by atoms with Gasteiger partial charge >= 0.3 is 5.97 Å². The zero-order valence-electron chi connectivity index (χ0n) is 8.24. The predicted molar refractivity (Wildman–Crippen MR) is 57.2 cm³/mol. The number of carboxylic acid groups (broad SMARTS) is 1. The number of benzene rings is 1. The molecule has 0 spiro atoms. The molecule has 1 N–H and O–H groups in total. The first-order valence-electron chi connectivity index (χ1n) is 4.29. The number of carbonyl (C=O) groups is 2. The van der Waals surface area contributed by atoms with Crippen LogP contribution >= 0.6 is 15.9 Å². The summed E-state index contributed by atoms with van der Waals surface area (Å²) in [5.41, 5.74) is 0.0846. The maximum absolute atomic E-state index is 13.2. The van der Waals surface area contributed by atoms with Gasteiger partial charge in [-0.15, -0.1) is 0 Å². The second kappa shape index (κ2) is 5.07. The zero-order chi connectivity index (χ0) is 12.3. The Morgan fingerprint density at radius 3 is 2.75 bits per heavy atom. The van der Waals surface area contributed by atoms with E-state index in [1.165, 1.54) is 13.0 Å². The van der Waals surface area contributed by atoms with E-state index in [1.54, 1.807) is 0 Å². The Bertz CT molecular complexity index is 433. The minimum Gasteiger partial charge on any atom is -0.479 e. The molecule has 0 aliphatic carbocycles. The highest BCUT2D eigenvalue weighted by molar-refractivity contribution is 9.10. The van der Waals surface area contributed by atoms with Gasteiger partial charge < -0.3 is 9.84 Å². The molecule has 0 aliphatic rings. The Hall–Kier alpha value is -1.43. The molecule has 1 rings (SSSR count). The molecule has 0 saturated carbocycles. The third-order valence-electron chi connectivity index (χ3n) is 1.83. The fourth-order valence-corrected chi connectivity index (χ4v) is 1.34. The van der Waals surface area contributed by atoms with Gasteiger partial charge in [0.05, 0.1) is 10.0 Å². The molecule has 0 aromatic heterocycles. The van der Waals surface area contributed by atoms with Crippen molar-refractivity contribution in [2.75, 3.05) is 0 Å². The Labute approximate surface area is 99.2 Å². The van der Waals surface area contributed by atoms with E-state index < -0.39 is 17.9 Å². The minimum absolute atomic E-state index is 0.0846.